The van der Waals surface area contributed by atoms with Crippen LogP contribution in [0, 0.1) is 11.3 Å². The molecule has 1 atom stereocenters. The zero-order valence-corrected chi connectivity index (χ0v) is 13.4. The molecule has 1 N–H and O–H groups in total. The lowest BCUT2D eigenvalue weighted by Crippen LogP contribution is -2.44. The summed E-state index contributed by atoms with van der Waals surface area (Å²) in [6.07, 6.45) is 2.49. The molecule has 2 aromatic rings. The smallest absolute Gasteiger partial charge is 0.0991 e. The van der Waals surface area contributed by atoms with Crippen molar-refractivity contribution in [3.63, 3.8) is 0 Å². The van der Waals surface area contributed by atoms with Gasteiger partial charge in [0.1, 0.15) is 0 Å². The van der Waals surface area contributed by atoms with E-state index in [2.05, 4.69) is 46.6 Å². The molecule has 0 aliphatic carbocycles. The summed E-state index contributed by atoms with van der Waals surface area (Å²) in [6.45, 7) is 4.19. The number of hydrogen-bond donors (Lipinski definition) is 1. The monoisotopic (exact) mass is 305 g/mol. The predicted molar refractivity (Wildman–Crippen MR) is 92.7 cm³/mol. The average molecular weight is 305 g/mol. The predicted octanol–water partition coefficient (Wildman–Crippen LogP) is 3.31. The maximum absolute atomic E-state index is 8.84. The zero-order valence-electron chi connectivity index (χ0n) is 13.4. The Kier molecular flexibility index (Phi) is 5.42. The van der Waals surface area contributed by atoms with Crippen LogP contribution in [0.2, 0.25) is 0 Å². The summed E-state index contributed by atoms with van der Waals surface area (Å²) in [4.78, 5) is 2.54. The lowest BCUT2D eigenvalue weighted by atomic mass is 10.0. The number of likely N-dealkylation sites (tertiary alicyclic amines) is 1. The highest BCUT2D eigenvalue weighted by molar-refractivity contribution is 5.31. The molecule has 3 nitrogen and oxygen atoms in total. The first-order valence-electron chi connectivity index (χ1n) is 8.32. The highest BCUT2D eigenvalue weighted by Gasteiger charge is 2.19. The van der Waals surface area contributed by atoms with E-state index >= 15 is 0 Å². The molecule has 0 saturated carbocycles. The summed E-state index contributed by atoms with van der Waals surface area (Å²) < 4.78 is 0. The number of nitrogens with zero attached hydrogens (tertiary/aromatic N) is 2. The number of nitrogens with one attached hydrogen (secondary N) is 1. The van der Waals surface area contributed by atoms with E-state index in [-0.39, 0.29) is 0 Å². The molecule has 0 spiro atoms. The summed E-state index contributed by atoms with van der Waals surface area (Å²) in [6, 6.07) is 21.3. The molecule has 3 rings (SSSR count). The maximum Gasteiger partial charge on any atom is 0.0991 e. The van der Waals surface area contributed by atoms with Gasteiger partial charge in [-0.1, -0.05) is 42.5 Å². The van der Waals surface area contributed by atoms with E-state index in [0.717, 1.165) is 25.2 Å². The SMILES string of the molecule is N#Cc1ccc(CNC2CCCN(Cc3ccccc3)C2)cc1. The van der Waals surface area contributed by atoms with E-state index in [4.69, 9.17) is 5.26 Å². The molecular formula is C20H23N3. The first-order chi connectivity index (χ1) is 11.3. The summed E-state index contributed by atoms with van der Waals surface area (Å²) in [5, 5.41) is 12.5. The maximum atomic E-state index is 8.84. The van der Waals surface area contributed by atoms with Gasteiger partial charge in [-0.05, 0) is 42.6 Å². The third kappa shape index (κ3) is 4.66. The molecule has 1 heterocycles. The highest BCUT2D eigenvalue weighted by Crippen LogP contribution is 2.14. The van der Waals surface area contributed by atoms with Crippen molar-refractivity contribution in [2.45, 2.75) is 32.0 Å². The molecule has 1 saturated heterocycles. The minimum Gasteiger partial charge on any atom is -0.309 e. The fourth-order valence-corrected chi connectivity index (χ4v) is 3.17. The van der Waals surface area contributed by atoms with Crippen LogP contribution in [0.4, 0.5) is 0 Å². The van der Waals surface area contributed by atoms with Crippen molar-refractivity contribution >= 4 is 0 Å². The Morgan fingerprint density at radius 2 is 1.83 bits per heavy atom. The largest absolute Gasteiger partial charge is 0.309 e. The average Bonchev–Trinajstić information content (AvgIpc) is 2.62. The fourth-order valence-electron chi connectivity index (χ4n) is 3.17. The Hall–Kier alpha value is -2.15. The zero-order chi connectivity index (χ0) is 15.9. The van der Waals surface area contributed by atoms with Crippen LogP contribution in [-0.4, -0.2) is 24.0 Å². The van der Waals surface area contributed by atoms with Crippen molar-refractivity contribution in [1.29, 1.82) is 5.26 Å². The number of rotatable bonds is 5. The van der Waals surface area contributed by atoms with Crippen molar-refractivity contribution in [3.8, 4) is 6.07 Å². The molecule has 3 heteroatoms. The lowest BCUT2D eigenvalue weighted by molar-refractivity contribution is 0.182. The molecule has 1 aliphatic heterocycles. The van der Waals surface area contributed by atoms with Crippen molar-refractivity contribution < 1.29 is 0 Å². The summed E-state index contributed by atoms with van der Waals surface area (Å²) in [5.74, 6) is 0. The highest BCUT2D eigenvalue weighted by atomic mass is 15.2. The van der Waals surface area contributed by atoms with Gasteiger partial charge in [-0.25, -0.2) is 0 Å². The van der Waals surface area contributed by atoms with Gasteiger partial charge >= 0.3 is 0 Å². The number of nitriles is 1. The molecule has 118 valence electrons. The molecule has 1 fully saturated rings. The van der Waals surface area contributed by atoms with E-state index in [9.17, 15) is 0 Å². The van der Waals surface area contributed by atoms with Crippen LogP contribution in [0.3, 0.4) is 0 Å². The van der Waals surface area contributed by atoms with Crippen LogP contribution in [0.1, 0.15) is 29.5 Å². The van der Waals surface area contributed by atoms with Crippen LogP contribution in [0.15, 0.2) is 54.6 Å². The van der Waals surface area contributed by atoms with Crippen molar-refractivity contribution in [3.05, 3.63) is 71.3 Å². The van der Waals surface area contributed by atoms with Gasteiger partial charge in [-0.3, -0.25) is 4.90 Å². The summed E-state index contributed by atoms with van der Waals surface area (Å²) in [5.41, 5.74) is 3.35. The Bertz CT molecular complexity index is 643. The van der Waals surface area contributed by atoms with Gasteiger partial charge in [0.2, 0.25) is 0 Å². The molecule has 1 aliphatic rings. The second kappa shape index (κ2) is 7.92. The summed E-state index contributed by atoms with van der Waals surface area (Å²) >= 11 is 0. The third-order valence-corrected chi connectivity index (χ3v) is 4.43. The van der Waals surface area contributed by atoms with Gasteiger partial charge in [0.15, 0.2) is 0 Å². The topological polar surface area (TPSA) is 39.1 Å². The minimum absolute atomic E-state index is 0.545. The number of benzene rings is 2. The first kappa shape index (κ1) is 15.7. The van der Waals surface area contributed by atoms with E-state index in [0.29, 0.717) is 6.04 Å². The second-order valence-electron chi connectivity index (χ2n) is 6.25. The van der Waals surface area contributed by atoms with Crippen LogP contribution in [0.5, 0.6) is 0 Å². The van der Waals surface area contributed by atoms with Gasteiger partial charge < -0.3 is 5.32 Å². The first-order valence-corrected chi connectivity index (χ1v) is 8.32. The molecule has 23 heavy (non-hydrogen) atoms. The standard InChI is InChI=1S/C20H23N3/c21-13-17-8-10-18(11-9-17)14-22-20-7-4-12-23(16-20)15-19-5-2-1-3-6-19/h1-3,5-6,8-11,20,22H,4,7,12,14-16H2. The van der Waals surface area contributed by atoms with Crippen molar-refractivity contribution in [2.75, 3.05) is 13.1 Å². The molecule has 0 aromatic heterocycles. The molecule has 0 radical (unpaired) electrons. The minimum atomic E-state index is 0.545. The molecule has 2 aromatic carbocycles. The second-order valence-corrected chi connectivity index (χ2v) is 6.25. The molecule has 0 amide bonds. The van der Waals surface area contributed by atoms with Gasteiger partial charge in [-0.15, -0.1) is 0 Å². The van der Waals surface area contributed by atoms with Crippen molar-refractivity contribution in [2.24, 2.45) is 0 Å². The van der Waals surface area contributed by atoms with Gasteiger partial charge in [0.25, 0.3) is 0 Å². The quantitative estimate of drug-likeness (QED) is 0.921. The van der Waals surface area contributed by atoms with Gasteiger partial charge in [0, 0.05) is 25.7 Å². The van der Waals surface area contributed by atoms with E-state index in [1.807, 2.05) is 24.3 Å². The third-order valence-electron chi connectivity index (χ3n) is 4.43. The Morgan fingerprint density at radius 3 is 2.57 bits per heavy atom. The number of piperidine rings is 1. The van der Waals surface area contributed by atoms with Gasteiger partial charge in [0.05, 0.1) is 11.6 Å². The number of hydrogen-bond acceptors (Lipinski definition) is 3. The van der Waals surface area contributed by atoms with E-state index in [1.54, 1.807) is 0 Å². The Labute approximate surface area is 138 Å². The van der Waals surface area contributed by atoms with Crippen LogP contribution in [-0.2, 0) is 13.1 Å². The molecule has 0 bridgehead atoms. The van der Waals surface area contributed by atoms with Gasteiger partial charge in [-0.2, -0.15) is 5.26 Å². The molecule has 1 unspecified atom stereocenters. The summed E-state index contributed by atoms with van der Waals surface area (Å²) in [7, 11) is 0. The van der Waals surface area contributed by atoms with Crippen LogP contribution < -0.4 is 5.32 Å². The van der Waals surface area contributed by atoms with Crippen LogP contribution in [0.25, 0.3) is 0 Å². The van der Waals surface area contributed by atoms with Crippen molar-refractivity contribution in [1.82, 2.24) is 10.2 Å². The molecular weight excluding hydrogens is 282 g/mol. The Balaban J connectivity index is 1.49. The Morgan fingerprint density at radius 1 is 1.04 bits per heavy atom. The van der Waals surface area contributed by atoms with Crippen LogP contribution >= 0.6 is 0 Å². The fraction of sp³-hybridized carbons (Fsp3) is 0.350. The lowest BCUT2D eigenvalue weighted by Gasteiger charge is -2.33. The normalized spacial score (nSPS) is 18.5. The van der Waals surface area contributed by atoms with E-state index in [1.165, 1.54) is 30.5 Å². The van der Waals surface area contributed by atoms with E-state index < -0.39 is 0 Å².